The largest absolute Gasteiger partial charge is 0.402 e. The molecule has 2 heterocycles. The monoisotopic (exact) mass is 626 g/mol. The van der Waals surface area contributed by atoms with Crippen molar-refractivity contribution in [1.82, 2.24) is 15.2 Å². The Bertz CT molecular complexity index is 1180. The normalized spacial score (nSPS) is 19.9. The van der Waals surface area contributed by atoms with Crippen molar-refractivity contribution in [2.24, 2.45) is 17.6 Å². The number of benzene rings is 1. The Morgan fingerprint density at radius 2 is 2.00 bits per heavy atom. The van der Waals surface area contributed by atoms with Crippen molar-refractivity contribution >= 4 is 51.5 Å². The molecular weight excluding hydrogens is 594 g/mol. The van der Waals surface area contributed by atoms with Crippen LogP contribution in [0.4, 0.5) is 4.39 Å². The van der Waals surface area contributed by atoms with Crippen molar-refractivity contribution in [2.45, 2.75) is 59.3 Å². The van der Waals surface area contributed by atoms with Gasteiger partial charge in [0.25, 0.3) is 0 Å². The molecule has 1 fully saturated rings. The van der Waals surface area contributed by atoms with E-state index < -0.39 is 41.8 Å². The molecule has 1 saturated heterocycles. The molecule has 3 N–H and O–H groups in total. The molecule has 0 radical (unpaired) electrons. The van der Waals surface area contributed by atoms with Crippen LogP contribution in [0.2, 0.25) is 0 Å². The van der Waals surface area contributed by atoms with Gasteiger partial charge in [-0.05, 0) is 72.9 Å². The van der Waals surface area contributed by atoms with Gasteiger partial charge in [-0.3, -0.25) is 14.4 Å². The maximum atomic E-state index is 14.9. The van der Waals surface area contributed by atoms with Crippen LogP contribution in [0.5, 0.6) is 0 Å². The van der Waals surface area contributed by atoms with Crippen LogP contribution >= 0.6 is 33.9 Å². The highest BCUT2D eigenvalue weighted by atomic mass is 127. The van der Waals surface area contributed by atoms with Gasteiger partial charge in [0.2, 0.25) is 11.8 Å². The number of alkyl halides is 1. The van der Waals surface area contributed by atoms with Crippen LogP contribution in [0.1, 0.15) is 51.4 Å². The van der Waals surface area contributed by atoms with Gasteiger partial charge in [0.15, 0.2) is 5.78 Å². The molecule has 0 aliphatic carbocycles. The lowest BCUT2D eigenvalue weighted by Crippen LogP contribution is -2.52. The Hall–Kier alpha value is -2.34. The Morgan fingerprint density at radius 3 is 2.56 bits per heavy atom. The number of ketones is 1. The first kappa shape index (κ1) is 28.2. The second-order valence-corrected chi connectivity index (χ2v) is 11.5. The van der Waals surface area contributed by atoms with E-state index >= 15 is 0 Å². The quantitative estimate of drug-likeness (QED) is 0.254. The van der Waals surface area contributed by atoms with Gasteiger partial charge in [-0.25, -0.2) is 9.37 Å². The number of aromatic nitrogens is 1. The second kappa shape index (κ2) is 11.8. The summed E-state index contributed by atoms with van der Waals surface area (Å²) in [5.41, 5.74) is 10.6. The van der Waals surface area contributed by atoms with E-state index in [4.69, 9.17) is 5.73 Å². The zero-order valence-corrected chi connectivity index (χ0v) is 24.0. The highest BCUT2D eigenvalue weighted by Gasteiger charge is 2.46. The first-order valence-electron chi connectivity index (χ1n) is 11.8. The van der Waals surface area contributed by atoms with Gasteiger partial charge in [-0.2, -0.15) is 0 Å². The van der Waals surface area contributed by atoms with Crippen LogP contribution < -0.4 is 11.1 Å². The van der Waals surface area contributed by atoms with Gasteiger partial charge >= 0.3 is 0 Å². The zero-order chi connectivity index (χ0) is 26.7. The van der Waals surface area contributed by atoms with Gasteiger partial charge in [0.1, 0.15) is 18.1 Å². The molecule has 1 aromatic carbocycles. The number of aryl methyl sites for hydroxylation is 1. The third kappa shape index (κ3) is 6.13. The van der Waals surface area contributed by atoms with E-state index in [1.165, 1.54) is 11.0 Å². The van der Waals surface area contributed by atoms with Crippen LogP contribution in [-0.2, 0) is 14.4 Å². The number of hydrogen-bond donors (Lipinski definition) is 2. The number of allylic oxidation sites excluding steroid dienone is 2. The highest BCUT2D eigenvalue weighted by molar-refractivity contribution is 14.1. The fraction of sp³-hybridized carbons (Fsp3) is 0.462. The van der Waals surface area contributed by atoms with E-state index in [9.17, 15) is 18.8 Å². The minimum absolute atomic E-state index is 0.0450. The predicted molar refractivity (Wildman–Crippen MR) is 148 cm³/mol. The molecule has 0 spiro atoms. The zero-order valence-electron chi connectivity index (χ0n) is 21.0. The lowest BCUT2D eigenvalue weighted by atomic mass is 9.89. The lowest BCUT2D eigenvalue weighted by molar-refractivity contribution is -0.147. The van der Waals surface area contributed by atoms with Crippen molar-refractivity contribution in [1.29, 1.82) is 0 Å². The summed E-state index contributed by atoms with van der Waals surface area (Å²) in [6.45, 7) is 8.93. The SMILES string of the molecule is CC(N)=CC(=O)C(C(=O)N1CC[C@H](F)C1C(=O)NC(C)c1ccc(-c2scnc2C)cc1I)C(C)C. The molecule has 2 amide bonds. The molecule has 1 aliphatic rings. The summed E-state index contributed by atoms with van der Waals surface area (Å²) in [5.74, 6) is -2.90. The number of rotatable bonds is 8. The number of halogens is 2. The molecule has 0 bridgehead atoms. The van der Waals surface area contributed by atoms with Gasteiger partial charge in [-0.1, -0.05) is 26.0 Å². The number of nitrogens with one attached hydrogen (secondary N) is 1. The molecule has 10 heteroatoms. The van der Waals surface area contributed by atoms with E-state index in [0.717, 1.165) is 25.3 Å². The minimum atomic E-state index is -1.51. The van der Waals surface area contributed by atoms with Crippen LogP contribution in [0, 0.1) is 22.3 Å². The third-order valence-electron chi connectivity index (χ3n) is 6.32. The van der Waals surface area contributed by atoms with Gasteiger partial charge in [0, 0.05) is 21.9 Å². The van der Waals surface area contributed by atoms with Crippen LogP contribution in [-0.4, -0.2) is 46.2 Å². The summed E-state index contributed by atoms with van der Waals surface area (Å²) >= 11 is 3.79. The lowest BCUT2D eigenvalue weighted by Gasteiger charge is -2.30. The molecule has 3 unspecified atom stereocenters. The Balaban J connectivity index is 1.78. The molecular formula is C26H32FIN4O3S. The number of likely N-dealkylation sites (tertiary alicyclic amines) is 1. The van der Waals surface area contributed by atoms with Crippen molar-refractivity contribution in [3.63, 3.8) is 0 Å². The first-order chi connectivity index (χ1) is 16.9. The number of thiazole rings is 1. The van der Waals surface area contributed by atoms with Crippen LogP contribution in [0.25, 0.3) is 10.4 Å². The maximum Gasteiger partial charge on any atom is 0.246 e. The minimum Gasteiger partial charge on any atom is -0.402 e. The topological polar surface area (TPSA) is 105 Å². The fourth-order valence-corrected chi connectivity index (χ4v) is 6.30. The fourth-order valence-electron chi connectivity index (χ4n) is 4.51. The molecule has 3 rings (SSSR count). The third-order valence-corrected chi connectivity index (χ3v) is 8.23. The number of nitrogens with two attached hydrogens (primary N) is 1. The number of nitrogens with zero attached hydrogens (tertiary/aromatic N) is 2. The average Bonchev–Trinajstić information content (AvgIpc) is 3.38. The van der Waals surface area contributed by atoms with Crippen molar-refractivity contribution in [3.8, 4) is 10.4 Å². The molecule has 7 nitrogen and oxygen atoms in total. The Kier molecular flexibility index (Phi) is 9.26. The standard InChI is InChI=1S/C26H32FIN4O3S/c1-13(2)22(21(33)10-14(3)29)26(35)32-9-8-19(27)23(32)25(34)31-15(4)18-7-6-17(11-20(18)28)24-16(5)30-12-36-24/h6-7,10-13,15,19,22-23H,8-9,29H2,1-5H3,(H,31,34)/t15?,19-,22?,23?/m0/s1. The summed E-state index contributed by atoms with van der Waals surface area (Å²) in [7, 11) is 0. The summed E-state index contributed by atoms with van der Waals surface area (Å²) in [4.78, 5) is 45.9. The molecule has 2 aromatic rings. The molecule has 0 saturated carbocycles. The van der Waals surface area contributed by atoms with Crippen molar-refractivity contribution in [3.05, 3.63) is 50.3 Å². The van der Waals surface area contributed by atoms with E-state index in [-0.39, 0.29) is 24.6 Å². The van der Waals surface area contributed by atoms with Crippen molar-refractivity contribution in [2.75, 3.05) is 6.54 Å². The second-order valence-electron chi connectivity index (χ2n) is 9.53. The van der Waals surface area contributed by atoms with Gasteiger partial charge < -0.3 is 16.0 Å². The Labute approximate surface area is 228 Å². The molecule has 4 atom stereocenters. The number of amides is 2. The average molecular weight is 627 g/mol. The first-order valence-corrected chi connectivity index (χ1v) is 13.8. The van der Waals surface area contributed by atoms with Crippen LogP contribution in [0.15, 0.2) is 35.5 Å². The molecule has 36 heavy (non-hydrogen) atoms. The van der Waals surface area contributed by atoms with Crippen LogP contribution in [0.3, 0.4) is 0 Å². The Morgan fingerprint density at radius 1 is 1.31 bits per heavy atom. The predicted octanol–water partition coefficient (Wildman–Crippen LogP) is 4.54. The summed E-state index contributed by atoms with van der Waals surface area (Å²) < 4.78 is 15.9. The smallest absolute Gasteiger partial charge is 0.246 e. The summed E-state index contributed by atoms with van der Waals surface area (Å²) in [6, 6.07) is 4.27. The molecule has 1 aliphatic heterocycles. The number of carbonyl (C=O) groups is 3. The summed E-state index contributed by atoms with van der Waals surface area (Å²) in [5, 5.41) is 2.89. The highest BCUT2D eigenvalue weighted by Crippen LogP contribution is 2.32. The molecule has 194 valence electrons. The van der Waals surface area contributed by atoms with Crippen molar-refractivity contribution < 1.29 is 18.8 Å². The summed E-state index contributed by atoms with van der Waals surface area (Å²) in [6.07, 6.45) is -0.238. The van der Waals surface area contributed by atoms with E-state index in [2.05, 4.69) is 32.9 Å². The number of carbonyl (C=O) groups excluding carboxylic acids is 3. The maximum absolute atomic E-state index is 14.9. The van der Waals surface area contributed by atoms with Gasteiger partial charge in [0.05, 0.1) is 22.1 Å². The molecule has 1 aromatic heterocycles. The van der Waals surface area contributed by atoms with E-state index in [1.54, 1.807) is 37.6 Å². The van der Waals surface area contributed by atoms with E-state index in [0.29, 0.717) is 0 Å². The number of hydrogen-bond acceptors (Lipinski definition) is 6. The van der Waals surface area contributed by atoms with E-state index in [1.807, 2.05) is 32.0 Å². The van der Waals surface area contributed by atoms with Gasteiger partial charge in [-0.15, -0.1) is 11.3 Å².